The van der Waals surface area contributed by atoms with E-state index in [1.807, 2.05) is 6.07 Å². The predicted octanol–water partition coefficient (Wildman–Crippen LogP) is 0.841. The van der Waals surface area contributed by atoms with Crippen molar-refractivity contribution in [2.24, 2.45) is 0 Å². The van der Waals surface area contributed by atoms with E-state index in [9.17, 15) is 13.2 Å². The predicted molar refractivity (Wildman–Crippen MR) is 82.7 cm³/mol. The molecule has 8 heteroatoms. The summed E-state index contributed by atoms with van der Waals surface area (Å²) in [6.07, 6.45) is 0. The molecule has 21 heavy (non-hydrogen) atoms. The number of amides is 1. The molecule has 0 unspecified atom stereocenters. The van der Waals surface area contributed by atoms with Gasteiger partial charge in [0.2, 0.25) is 10.0 Å². The Labute approximate surface area is 132 Å². The van der Waals surface area contributed by atoms with Gasteiger partial charge in [0.1, 0.15) is 0 Å². The standard InChI is InChI=1S/C13H17BrN2O4S/c14-12-3-1-2-11(10-12)13(17)15-4-9-21(18,19)16-5-7-20-8-6-16/h1-3,10H,4-9H2,(H,15,17). The number of carbonyl (C=O) groups excluding carboxylic acids is 1. The van der Waals surface area contributed by atoms with Crippen molar-refractivity contribution in [3.8, 4) is 0 Å². The average Bonchev–Trinajstić information content (AvgIpc) is 2.48. The molecule has 0 atom stereocenters. The number of ether oxygens (including phenoxy) is 1. The zero-order chi connectivity index (χ0) is 15.3. The molecule has 1 heterocycles. The number of hydrogen-bond acceptors (Lipinski definition) is 4. The van der Waals surface area contributed by atoms with E-state index in [1.165, 1.54) is 4.31 Å². The van der Waals surface area contributed by atoms with Crippen LogP contribution in [-0.2, 0) is 14.8 Å². The molecular weight excluding hydrogens is 360 g/mol. The fourth-order valence-corrected chi connectivity index (χ4v) is 3.70. The van der Waals surface area contributed by atoms with Crippen LogP contribution in [0, 0.1) is 0 Å². The van der Waals surface area contributed by atoms with E-state index < -0.39 is 10.0 Å². The van der Waals surface area contributed by atoms with Crippen LogP contribution in [0.1, 0.15) is 10.4 Å². The van der Waals surface area contributed by atoms with Crippen molar-refractivity contribution in [1.82, 2.24) is 9.62 Å². The first-order valence-corrected chi connectivity index (χ1v) is 8.98. The Morgan fingerprint density at radius 2 is 2.05 bits per heavy atom. The topological polar surface area (TPSA) is 75.7 Å². The van der Waals surface area contributed by atoms with Gasteiger partial charge in [0.15, 0.2) is 0 Å². The minimum absolute atomic E-state index is 0.0883. The third-order valence-corrected chi connectivity index (χ3v) is 5.46. The van der Waals surface area contributed by atoms with Crippen LogP contribution in [0.3, 0.4) is 0 Å². The smallest absolute Gasteiger partial charge is 0.251 e. The maximum Gasteiger partial charge on any atom is 0.251 e. The number of benzene rings is 1. The lowest BCUT2D eigenvalue weighted by Gasteiger charge is -2.26. The van der Waals surface area contributed by atoms with Crippen LogP contribution < -0.4 is 5.32 Å². The highest BCUT2D eigenvalue weighted by atomic mass is 79.9. The van der Waals surface area contributed by atoms with E-state index >= 15 is 0 Å². The quantitative estimate of drug-likeness (QED) is 0.825. The van der Waals surface area contributed by atoms with E-state index in [-0.39, 0.29) is 18.2 Å². The third kappa shape index (κ3) is 4.77. The molecule has 0 aliphatic carbocycles. The summed E-state index contributed by atoms with van der Waals surface area (Å²) in [6, 6.07) is 6.94. The maximum absolute atomic E-state index is 12.1. The first-order chi connectivity index (χ1) is 9.99. The molecule has 0 radical (unpaired) electrons. The van der Waals surface area contributed by atoms with Crippen molar-refractivity contribution in [2.75, 3.05) is 38.6 Å². The Morgan fingerprint density at radius 3 is 2.71 bits per heavy atom. The van der Waals surface area contributed by atoms with Crippen LogP contribution in [0.25, 0.3) is 0 Å². The van der Waals surface area contributed by atoms with Crippen LogP contribution in [0.5, 0.6) is 0 Å². The van der Waals surface area contributed by atoms with Crippen LogP contribution in [0.2, 0.25) is 0 Å². The summed E-state index contributed by atoms with van der Waals surface area (Å²) in [4.78, 5) is 11.9. The molecule has 1 aromatic carbocycles. The van der Waals surface area contributed by atoms with Crippen LogP contribution in [-0.4, -0.2) is 57.2 Å². The number of rotatable bonds is 5. The van der Waals surface area contributed by atoms with Gasteiger partial charge in [0.25, 0.3) is 5.91 Å². The second-order valence-corrected chi connectivity index (χ2v) is 7.60. The Hall–Kier alpha value is -0.960. The molecule has 2 rings (SSSR count). The summed E-state index contributed by atoms with van der Waals surface area (Å²) < 4.78 is 31.5. The minimum atomic E-state index is -3.34. The maximum atomic E-state index is 12.1. The van der Waals surface area contributed by atoms with E-state index in [4.69, 9.17) is 4.74 Å². The van der Waals surface area contributed by atoms with Crippen LogP contribution in [0.4, 0.5) is 0 Å². The monoisotopic (exact) mass is 376 g/mol. The number of hydrogen-bond donors (Lipinski definition) is 1. The molecule has 1 saturated heterocycles. The Morgan fingerprint density at radius 1 is 1.33 bits per heavy atom. The van der Waals surface area contributed by atoms with Gasteiger partial charge in [-0.1, -0.05) is 22.0 Å². The molecule has 1 aliphatic heterocycles. The Kier molecular flexibility index (Phi) is 5.74. The van der Waals surface area contributed by atoms with E-state index in [2.05, 4.69) is 21.2 Å². The minimum Gasteiger partial charge on any atom is -0.379 e. The number of morpholine rings is 1. The van der Waals surface area contributed by atoms with Gasteiger partial charge in [-0.3, -0.25) is 4.79 Å². The molecule has 0 saturated carbocycles. The number of nitrogens with one attached hydrogen (secondary N) is 1. The third-order valence-electron chi connectivity index (χ3n) is 3.10. The fraction of sp³-hybridized carbons (Fsp3) is 0.462. The fourth-order valence-electron chi connectivity index (χ4n) is 1.98. The van der Waals surface area contributed by atoms with Crippen LogP contribution >= 0.6 is 15.9 Å². The van der Waals surface area contributed by atoms with E-state index in [0.717, 1.165) is 4.47 Å². The van der Waals surface area contributed by atoms with Crippen LogP contribution in [0.15, 0.2) is 28.7 Å². The molecule has 1 amide bonds. The second kappa shape index (κ2) is 7.35. The summed E-state index contributed by atoms with van der Waals surface area (Å²) in [7, 11) is -3.34. The van der Waals surface area contributed by atoms with E-state index in [1.54, 1.807) is 18.2 Å². The highest BCUT2D eigenvalue weighted by Gasteiger charge is 2.23. The van der Waals surface area contributed by atoms with Crippen molar-refractivity contribution in [3.63, 3.8) is 0 Å². The van der Waals surface area contributed by atoms with Crippen molar-refractivity contribution in [2.45, 2.75) is 0 Å². The zero-order valence-electron chi connectivity index (χ0n) is 11.4. The SMILES string of the molecule is O=C(NCCS(=O)(=O)N1CCOCC1)c1cccc(Br)c1. The molecule has 1 aliphatic rings. The van der Waals surface area contributed by atoms with Gasteiger partial charge < -0.3 is 10.1 Å². The number of nitrogens with zero attached hydrogens (tertiary/aromatic N) is 1. The lowest BCUT2D eigenvalue weighted by atomic mass is 10.2. The molecule has 1 fully saturated rings. The molecule has 6 nitrogen and oxygen atoms in total. The van der Waals surface area contributed by atoms with Crippen molar-refractivity contribution >= 4 is 31.9 Å². The molecular formula is C13H17BrN2O4S. The highest BCUT2D eigenvalue weighted by molar-refractivity contribution is 9.10. The van der Waals surface area contributed by atoms with E-state index in [0.29, 0.717) is 31.9 Å². The number of carbonyl (C=O) groups is 1. The first kappa shape index (κ1) is 16.4. The molecule has 1 aromatic rings. The average molecular weight is 377 g/mol. The van der Waals surface area contributed by atoms with Gasteiger partial charge in [-0.15, -0.1) is 0 Å². The normalized spacial score (nSPS) is 16.6. The van der Waals surface area contributed by atoms with Gasteiger partial charge in [0.05, 0.1) is 19.0 Å². The molecule has 0 bridgehead atoms. The van der Waals surface area contributed by atoms with Gasteiger partial charge in [0, 0.05) is 29.7 Å². The molecule has 0 spiro atoms. The summed E-state index contributed by atoms with van der Waals surface area (Å²) in [5, 5.41) is 2.62. The lowest BCUT2D eigenvalue weighted by molar-refractivity contribution is 0.0730. The summed E-state index contributed by atoms with van der Waals surface area (Å²) in [6.45, 7) is 1.68. The van der Waals surface area contributed by atoms with Gasteiger partial charge >= 0.3 is 0 Å². The van der Waals surface area contributed by atoms with Gasteiger partial charge in [-0.25, -0.2) is 8.42 Å². The number of halogens is 1. The largest absolute Gasteiger partial charge is 0.379 e. The second-order valence-electron chi connectivity index (χ2n) is 4.59. The zero-order valence-corrected chi connectivity index (χ0v) is 13.8. The summed E-state index contributed by atoms with van der Waals surface area (Å²) in [5.41, 5.74) is 0.494. The summed E-state index contributed by atoms with van der Waals surface area (Å²) in [5.74, 6) is -0.388. The van der Waals surface area contributed by atoms with Crippen molar-refractivity contribution in [1.29, 1.82) is 0 Å². The summed E-state index contributed by atoms with van der Waals surface area (Å²) >= 11 is 3.29. The van der Waals surface area contributed by atoms with Gasteiger partial charge in [-0.2, -0.15) is 4.31 Å². The molecule has 116 valence electrons. The Bertz CT molecular complexity index is 600. The van der Waals surface area contributed by atoms with Gasteiger partial charge in [-0.05, 0) is 18.2 Å². The first-order valence-electron chi connectivity index (χ1n) is 6.58. The molecule has 0 aromatic heterocycles. The van der Waals surface area contributed by atoms with Crippen molar-refractivity contribution in [3.05, 3.63) is 34.3 Å². The lowest BCUT2D eigenvalue weighted by Crippen LogP contribution is -2.43. The molecule has 1 N–H and O–H groups in total. The Balaban J connectivity index is 1.84. The highest BCUT2D eigenvalue weighted by Crippen LogP contribution is 2.11. The van der Waals surface area contributed by atoms with Crippen molar-refractivity contribution < 1.29 is 17.9 Å². The number of sulfonamides is 1.